The highest BCUT2D eigenvalue weighted by Gasteiger charge is 2.83. The number of hydrogen-bond donors (Lipinski definition) is 3. The fourth-order valence-electron chi connectivity index (χ4n) is 11.9. The minimum absolute atomic E-state index is 0.211. The third-order valence-corrected chi connectivity index (χ3v) is 13.8. The van der Waals surface area contributed by atoms with Crippen molar-refractivity contribution in [2.24, 2.45) is 57.7 Å². The largest absolute Gasteiger partial charge is 0.462 e. The van der Waals surface area contributed by atoms with E-state index in [9.17, 15) is 39.3 Å². The summed E-state index contributed by atoms with van der Waals surface area (Å²) >= 11 is 0. The molecule has 2 heterocycles. The molecular formula is C34H44O13. The number of aliphatic hydroxyl groups excluding tert-OH is 2. The van der Waals surface area contributed by atoms with Crippen molar-refractivity contribution in [3.8, 4) is 0 Å². The van der Waals surface area contributed by atoms with Crippen molar-refractivity contribution in [2.75, 3.05) is 0 Å². The second kappa shape index (κ2) is 9.86. The summed E-state index contributed by atoms with van der Waals surface area (Å²) in [6.45, 7) is 12.1. The Hall–Kier alpha value is -2.87. The van der Waals surface area contributed by atoms with E-state index in [1.54, 1.807) is 26.8 Å². The number of ketones is 1. The first kappa shape index (κ1) is 32.7. The van der Waals surface area contributed by atoms with Gasteiger partial charge in [0.25, 0.3) is 0 Å². The number of fused-ring (bicyclic) bond motifs is 10. The quantitative estimate of drug-likeness (QED) is 0.219. The number of aliphatic hydroxyl groups is 3. The van der Waals surface area contributed by atoms with Crippen LogP contribution in [0.5, 0.6) is 0 Å². The molecule has 13 heteroatoms. The Kier molecular flexibility index (Phi) is 6.85. The van der Waals surface area contributed by atoms with Gasteiger partial charge in [-0.05, 0) is 38.2 Å². The van der Waals surface area contributed by atoms with Gasteiger partial charge in [-0.3, -0.25) is 19.2 Å². The predicted octanol–water partition coefficient (Wildman–Crippen LogP) is 0.842. The van der Waals surface area contributed by atoms with Crippen LogP contribution < -0.4 is 0 Å². The molecule has 0 bridgehead atoms. The smallest absolute Gasteiger partial charge is 0.343 e. The molecule has 7 rings (SSSR count). The summed E-state index contributed by atoms with van der Waals surface area (Å²) < 4.78 is 29.6. The van der Waals surface area contributed by atoms with Crippen molar-refractivity contribution in [3.05, 3.63) is 11.8 Å². The van der Waals surface area contributed by atoms with Crippen LogP contribution in [-0.2, 0) is 47.7 Å². The first-order chi connectivity index (χ1) is 21.7. The molecule has 3 N–H and O–H groups in total. The van der Waals surface area contributed by atoms with E-state index in [2.05, 4.69) is 0 Å². The third-order valence-electron chi connectivity index (χ3n) is 13.8. The zero-order valence-electron chi connectivity index (χ0n) is 27.8. The second-order valence-electron chi connectivity index (χ2n) is 15.9. The molecule has 47 heavy (non-hydrogen) atoms. The van der Waals surface area contributed by atoms with Crippen LogP contribution >= 0.6 is 0 Å². The van der Waals surface area contributed by atoms with Gasteiger partial charge in [-0.2, -0.15) is 0 Å². The molecule has 0 amide bonds. The predicted molar refractivity (Wildman–Crippen MR) is 156 cm³/mol. The summed E-state index contributed by atoms with van der Waals surface area (Å²) in [5, 5.41) is 36.2. The van der Waals surface area contributed by atoms with Gasteiger partial charge >= 0.3 is 23.9 Å². The molecular weight excluding hydrogens is 616 g/mol. The van der Waals surface area contributed by atoms with E-state index < -0.39 is 130 Å². The Labute approximate surface area is 272 Å². The van der Waals surface area contributed by atoms with E-state index in [1.807, 2.05) is 6.92 Å². The van der Waals surface area contributed by atoms with Gasteiger partial charge < -0.3 is 39.0 Å². The Morgan fingerprint density at radius 1 is 0.851 bits per heavy atom. The fraction of sp³-hybridized carbons (Fsp3) is 0.794. The summed E-state index contributed by atoms with van der Waals surface area (Å²) in [6.07, 6.45) is -5.24. The van der Waals surface area contributed by atoms with Gasteiger partial charge in [-0.1, -0.05) is 20.8 Å². The highest BCUT2D eigenvalue weighted by Crippen LogP contribution is 2.75. The Morgan fingerprint density at radius 2 is 1.45 bits per heavy atom. The number of ether oxygens (including phenoxy) is 5. The number of epoxide rings is 1. The first-order valence-electron chi connectivity index (χ1n) is 16.5. The second-order valence-corrected chi connectivity index (χ2v) is 15.9. The number of rotatable bonds is 3. The van der Waals surface area contributed by atoms with Crippen LogP contribution in [0.15, 0.2) is 11.8 Å². The van der Waals surface area contributed by atoms with E-state index in [0.29, 0.717) is 0 Å². The number of hydrogen-bond acceptors (Lipinski definition) is 13. The van der Waals surface area contributed by atoms with E-state index >= 15 is 0 Å². The number of carbonyl (C=O) groups excluding carboxylic acids is 5. The van der Waals surface area contributed by atoms with Crippen molar-refractivity contribution in [2.45, 2.75) is 110 Å². The lowest BCUT2D eigenvalue weighted by atomic mass is 9.41. The molecule has 4 saturated carbocycles. The molecule has 0 aromatic rings. The standard InChI is InChI=1S/C34H44O13/c1-11-9-17-33(7,34(8,42)30(41)47-17)22-19(11)32(6)21(27(22)43-12(2)35)18-20(25(40)28(32)44-13(3)36)31(5)15(23(38)24(18)39)10-16-26(46-16)29(31)45-14(4)37/h9,11,15-16,18-23,25-29,38,40,42H,10H2,1-8H3/t11-,15-,16+,18-,19+,20-,21-,22+,23?,25-,26+,27-,28+,29+,31+,32-,33+,34-/m1/s1. The lowest BCUT2D eigenvalue weighted by Gasteiger charge is -2.64. The molecule has 0 aromatic carbocycles. The van der Waals surface area contributed by atoms with Crippen molar-refractivity contribution in [1.29, 1.82) is 0 Å². The molecule has 7 aliphatic rings. The molecule has 0 aromatic heterocycles. The highest BCUT2D eigenvalue weighted by molar-refractivity contribution is 5.89. The van der Waals surface area contributed by atoms with E-state index in [4.69, 9.17) is 23.7 Å². The Balaban J connectivity index is 1.49. The first-order valence-corrected chi connectivity index (χ1v) is 16.5. The molecule has 0 radical (unpaired) electrons. The van der Waals surface area contributed by atoms with Crippen molar-refractivity contribution >= 4 is 29.7 Å². The summed E-state index contributed by atoms with van der Waals surface area (Å²) in [5.41, 5.74) is -6.07. The molecule has 1 unspecified atom stereocenters. The lowest BCUT2D eigenvalue weighted by molar-refractivity contribution is -0.262. The third kappa shape index (κ3) is 3.82. The molecule has 2 aliphatic heterocycles. The molecule has 0 spiro atoms. The maximum absolute atomic E-state index is 14.7. The minimum Gasteiger partial charge on any atom is -0.462 e. The maximum Gasteiger partial charge on any atom is 0.343 e. The fourth-order valence-corrected chi connectivity index (χ4v) is 11.9. The molecule has 6 fully saturated rings. The normalized spacial score (nSPS) is 55.1. The van der Waals surface area contributed by atoms with E-state index in [0.717, 1.165) is 0 Å². The van der Waals surface area contributed by atoms with Gasteiger partial charge in [-0.25, -0.2) is 4.79 Å². The maximum atomic E-state index is 14.7. The van der Waals surface area contributed by atoms with Gasteiger partial charge in [0.1, 0.15) is 36.3 Å². The van der Waals surface area contributed by atoms with Crippen LogP contribution in [-0.4, -0.2) is 93.3 Å². The Morgan fingerprint density at radius 3 is 2.04 bits per heavy atom. The topological polar surface area (TPSA) is 195 Å². The average Bonchev–Trinajstić information content (AvgIpc) is 3.65. The number of esters is 4. The summed E-state index contributed by atoms with van der Waals surface area (Å²) in [4.78, 5) is 66.1. The lowest BCUT2D eigenvalue weighted by Crippen LogP contribution is -2.74. The van der Waals surface area contributed by atoms with Gasteiger partial charge in [0, 0.05) is 61.2 Å². The van der Waals surface area contributed by atoms with Crippen molar-refractivity contribution in [3.63, 3.8) is 0 Å². The average molecular weight is 661 g/mol. The summed E-state index contributed by atoms with van der Waals surface area (Å²) in [6, 6.07) is 0. The van der Waals surface area contributed by atoms with Gasteiger partial charge in [0.2, 0.25) is 0 Å². The highest BCUT2D eigenvalue weighted by atomic mass is 16.6. The van der Waals surface area contributed by atoms with E-state index in [-0.39, 0.29) is 18.3 Å². The minimum atomic E-state index is -2.08. The van der Waals surface area contributed by atoms with E-state index in [1.165, 1.54) is 27.7 Å². The zero-order valence-corrected chi connectivity index (χ0v) is 27.8. The number of allylic oxidation sites excluding steroid dienone is 1. The molecule has 258 valence electrons. The van der Waals surface area contributed by atoms with Crippen molar-refractivity contribution in [1.82, 2.24) is 0 Å². The van der Waals surface area contributed by atoms with Crippen LogP contribution in [0.4, 0.5) is 0 Å². The summed E-state index contributed by atoms with van der Waals surface area (Å²) in [5.74, 6) is -9.10. The molecule has 2 saturated heterocycles. The molecule has 18 atom stereocenters. The molecule has 5 aliphatic carbocycles. The monoisotopic (exact) mass is 660 g/mol. The van der Waals surface area contributed by atoms with Crippen LogP contribution in [0, 0.1) is 57.7 Å². The van der Waals surface area contributed by atoms with Gasteiger partial charge in [-0.15, -0.1) is 0 Å². The van der Waals surface area contributed by atoms with Crippen LogP contribution in [0.1, 0.15) is 61.8 Å². The Bertz CT molecular complexity index is 1500. The number of Topliss-reactive ketones (excluding diaryl/α,β-unsaturated/α-hetero) is 1. The van der Waals surface area contributed by atoms with Gasteiger partial charge in [0.05, 0.1) is 17.6 Å². The van der Waals surface area contributed by atoms with Crippen LogP contribution in [0.2, 0.25) is 0 Å². The van der Waals surface area contributed by atoms with Crippen LogP contribution in [0.3, 0.4) is 0 Å². The number of carbonyl (C=O) groups is 5. The van der Waals surface area contributed by atoms with Crippen molar-refractivity contribution < 1.29 is 63.0 Å². The zero-order chi connectivity index (χ0) is 34.5. The summed E-state index contributed by atoms with van der Waals surface area (Å²) in [7, 11) is 0. The van der Waals surface area contributed by atoms with Gasteiger partial charge in [0.15, 0.2) is 11.4 Å². The molecule has 13 nitrogen and oxygen atoms in total. The SMILES string of the molecule is CC(=O)O[C@@H]1[C@H]2[C@@H]3C(=O)C(O)[C@H]4C[C@@H]5O[C@@H]5[C@H](OC(C)=O)[C@]4(C)[C@H]3[C@@H](O)[C@H](OC(C)=O)[C@]2(C)[C@@H]2[C@@H]1[C@]1(C)C(=C[C@H]2C)OC(=O)[C@@]1(C)O. The van der Waals surface area contributed by atoms with Crippen LogP contribution in [0.25, 0.3) is 0 Å².